The van der Waals surface area contributed by atoms with E-state index in [0.29, 0.717) is 24.7 Å². The summed E-state index contributed by atoms with van der Waals surface area (Å²) >= 11 is 0. The van der Waals surface area contributed by atoms with Gasteiger partial charge in [0.1, 0.15) is 11.9 Å². The Balaban J connectivity index is 1.56. The van der Waals surface area contributed by atoms with Gasteiger partial charge in [0.15, 0.2) is 0 Å². The Labute approximate surface area is 137 Å². The van der Waals surface area contributed by atoms with Gasteiger partial charge in [-0.1, -0.05) is 0 Å². The van der Waals surface area contributed by atoms with E-state index >= 15 is 0 Å². The fourth-order valence-corrected chi connectivity index (χ4v) is 3.49. The molecule has 1 unspecified atom stereocenters. The van der Waals surface area contributed by atoms with Gasteiger partial charge in [-0.3, -0.25) is 9.69 Å². The minimum absolute atomic E-state index is 0.0786. The molecule has 1 aromatic rings. The van der Waals surface area contributed by atoms with E-state index in [1.165, 1.54) is 4.90 Å². The third kappa shape index (κ3) is 3.63. The van der Waals surface area contributed by atoms with Crippen LogP contribution in [-0.2, 0) is 0 Å². The number of rotatable bonds is 3. The lowest BCUT2D eigenvalue weighted by Gasteiger charge is -2.37. The summed E-state index contributed by atoms with van der Waals surface area (Å²) in [6.07, 6.45) is 3.95. The normalized spacial score (nSPS) is 23.3. The highest BCUT2D eigenvalue weighted by atomic mass is 19.1. The van der Waals surface area contributed by atoms with Gasteiger partial charge >= 0.3 is 0 Å². The van der Waals surface area contributed by atoms with Gasteiger partial charge in [-0.25, -0.2) is 9.37 Å². The van der Waals surface area contributed by atoms with Crippen LogP contribution in [0.1, 0.15) is 29.8 Å². The summed E-state index contributed by atoms with van der Waals surface area (Å²) in [6, 6.07) is 4.27. The highest BCUT2D eigenvalue weighted by Gasteiger charge is 2.30. The molecule has 0 aliphatic carbocycles. The smallest absolute Gasteiger partial charge is 0.271 e. The van der Waals surface area contributed by atoms with Gasteiger partial charge in [-0.2, -0.15) is 0 Å². The molecule has 0 N–H and O–H groups in total. The van der Waals surface area contributed by atoms with E-state index in [2.05, 4.69) is 14.8 Å². The van der Waals surface area contributed by atoms with Gasteiger partial charge in [0.2, 0.25) is 0 Å². The Morgan fingerprint density at radius 2 is 1.96 bits per heavy atom. The van der Waals surface area contributed by atoms with Crippen molar-refractivity contribution in [3.8, 4) is 0 Å². The number of carbonyl (C=O) groups excluding carboxylic acids is 1. The topological polar surface area (TPSA) is 39.7 Å². The largest absolute Gasteiger partial charge is 0.370 e. The first-order valence-corrected chi connectivity index (χ1v) is 8.35. The summed E-state index contributed by atoms with van der Waals surface area (Å²) in [7, 11) is 3.45. The van der Waals surface area contributed by atoms with E-state index in [9.17, 15) is 9.18 Å². The quantitative estimate of drug-likeness (QED) is 0.851. The summed E-state index contributed by atoms with van der Waals surface area (Å²) in [5.74, 6) is -0.0786. The van der Waals surface area contributed by atoms with E-state index in [4.69, 9.17) is 0 Å². The van der Waals surface area contributed by atoms with E-state index < -0.39 is 6.17 Å². The highest BCUT2D eigenvalue weighted by Crippen LogP contribution is 2.25. The van der Waals surface area contributed by atoms with Gasteiger partial charge in [-0.15, -0.1) is 0 Å². The Morgan fingerprint density at radius 1 is 1.22 bits per heavy atom. The van der Waals surface area contributed by atoms with Gasteiger partial charge in [0, 0.05) is 46.3 Å². The number of likely N-dealkylation sites (tertiary alicyclic amines) is 1. The fraction of sp³-hybridized carbons (Fsp3) is 0.647. The molecule has 126 valence electrons. The van der Waals surface area contributed by atoms with Crippen molar-refractivity contribution in [1.82, 2.24) is 14.8 Å². The van der Waals surface area contributed by atoms with Crippen LogP contribution in [0.15, 0.2) is 18.3 Å². The maximum absolute atomic E-state index is 13.3. The number of piperidine rings is 1. The Hall–Kier alpha value is -1.69. The average Bonchev–Trinajstić information content (AvgIpc) is 3.01. The van der Waals surface area contributed by atoms with Crippen LogP contribution in [0.4, 0.5) is 10.1 Å². The van der Waals surface area contributed by atoms with Crippen molar-refractivity contribution in [1.29, 1.82) is 0 Å². The predicted molar refractivity (Wildman–Crippen MR) is 88.6 cm³/mol. The number of hydrogen-bond acceptors (Lipinski definition) is 4. The molecule has 23 heavy (non-hydrogen) atoms. The van der Waals surface area contributed by atoms with Crippen LogP contribution in [0, 0.1) is 0 Å². The SMILES string of the molecule is CN(C)C(=O)c1ccc(N2CCC(N3CCC(F)C3)CC2)cn1. The fourth-order valence-electron chi connectivity index (χ4n) is 3.49. The molecule has 2 fully saturated rings. The third-order valence-corrected chi connectivity index (χ3v) is 4.88. The molecule has 1 amide bonds. The molecule has 1 aromatic heterocycles. The van der Waals surface area contributed by atoms with Crippen molar-refractivity contribution in [3.05, 3.63) is 24.0 Å². The number of carbonyl (C=O) groups is 1. The number of pyridine rings is 1. The van der Waals surface area contributed by atoms with Crippen molar-refractivity contribution in [2.45, 2.75) is 31.5 Å². The minimum atomic E-state index is -0.640. The molecule has 5 nitrogen and oxygen atoms in total. The van der Waals surface area contributed by atoms with Crippen LogP contribution in [0.5, 0.6) is 0 Å². The second kappa shape index (κ2) is 6.83. The van der Waals surface area contributed by atoms with Crippen LogP contribution in [-0.4, -0.2) is 73.2 Å². The number of aromatic nitrogens is 1. The van der Waals surface area contributed by atoms with Gasteiger partial charge in [-0.05, 0) is 31.4 Å². The molecule has 6 heteroatoms. The average molecular weight is 320 g/mol. The molecule has 3 heterocycles. The summed E-state index contributed by atoms with van der Waals surface area (Å²) in [5.41, 5.74) is 1.53. The molecule has 0 saturated carbocycles. The standard InChI is InChI=1S/C17H25FN4O/c1-20(2)17(23)16-4-3-15(11-19-16)21-9-6-14(7-10-21)22-8-5-13(18)12-22/h3-4,11,13-14H,5-10,12H2,1-2H3. The van der Waals surface area contributed by atoms with E-state index in [1.54, 1.807) is 26.4 Å². The molecule has 0 bridgehead atoms. The number of hydrogen-bond donors (Lipinski definition) is 0. The zero-order valence-electron chi connectivity index (χ0n) is 13.9. The minimum Gasteiger partial charge on any atom is -0.370 e. The van der Waals surface area contributed by atoms with Crippen molar-refractivity contribution < 1.29 is 9.18 Å². The Bertz CT molecular complexity index is 540. The molecule has 3 rings (SSSR count). The lowest BCUT2D eigenvalue weighted by molar-refractivity contribution is 0.0822. The molecular formula is C17H25FN4O. The first-order valence-electron chi connectivity index (χ1n) is 8.35. The molecule has 0 spiro atoms. The second-order valence-electron chi connectivity index (χ2n) is 6.70. The van der Waals surface area contributed by atoms with Crippen LogP contribution in [0.2, 0.25) is 0 Å². The number of nitrogens with zero attached hydrogens (tertiary/aromatic N) is 4. The zero-order valence-corrected chi connectivity index (χ0v) is 13.9. The van der Waals surface area contributed by atoms with E-state index in [0.717, 1.165) is 38.2 Å². The monoisotopic (exact) mass is 320 g/mol. The second-order valence-corrected chi connectivity index (χ2v) is 6.70. The van der Waals surface area contributed by atoms with Gasteiger partial charge in [0.25, 0.3) is 5.91 Å². The molecule has 2 aliphatic rings. The molecular weight excluding hydrogens is 295 g/mol. The lowest BCUT2D eigenvalue weighted by atomic mass is 10.0. The van der Waals surface area contributed by atoms with E-state index in [-0.39, 0.29) is 5.91 Å². The van der Waals surface area contributed by atoms with Crippen LogP contribution >= 0.6 is 0 Å². The Morgan fingerprint density at radius 3 is 2.48 bits per heavy atom. The number of amides is 1. The predicted octanol–water partition coefficient (Wildman–Crippen LogP) is 1.80. The lowest BCUT2D eigenvalue weighted by Crippen LogP contribution is -2.44. The summed E-state index contributed by atoms with van der Waals surface area (Å²) in [6.45, 7) is 3.42. The zero-order chi connectivity index (χ0) is 16.4. The summed E-state index contributed by atoms with van der Waals surface area (Å²) < 4.78 is 13.3. The van der Waals surface area contributed by atoms with Crippen LogP contribution < -0.4 is 4.90 Å². The molecule has 1 atom stereocenters. The summed E-state index contributed by atoms with van der Waals surface area (Å²) in [4.78, 5) is 22.3. The van der Waals surface area contributed by atoms with Gasteiger partial charge < -0.3 is 9.80 Å². The number of halogens is 1. The Kier molecular flexibility index (Phi) is 4.80. The summed E-state index contributed by atoms with van der Waals surface area (Å²) in [5, 5.41) is 0. The first-order chi connectivity index (χ1) is 11.0. The van der Waals surface area contributed by atoms with Gasteiger partial charge in [0.05, 0.1) is 11.9 Å². The van der Waals surface area contributed by atoms with E-state index in [1.807, 2.05) is 6.07 Å². The van der Waals surface area contributed by atoms with Crippen LogP contribution in [0.3, 0.4) is 0 Å². The number of alkyl halides is 1. The van der Waals surface area contributed by atoms with Crippen molar-refractivity contribution in [2.75, 3.05) is 45.2 Å². The van der Waals surface area contributed by atoms with Crippen molar-refractivity contribution in [2.24, 2.45) is 0 Å². The number of anilines is 1. The first kappa shape index (κ1) is 16.2. The highest BCUT2D eigenvalue weighted by molar-refractivity contribution is 5.92. The molecule has 0 aromatic carbocycles. The third-order valence-electron chi connectivity index (χ3n) is 4.88. The maximum atomic E-state index is 13.3. The molecule has 2 saturated heterocycles. The van der Waals surface area contributed by atoms with Crippen molar-refractivity contribution >= 4 is 11.6 Å². The van der Waals surface area contributed by atoms with Crippen LogP contribution in [0.25, 0.3) is 0 Å². The van der Waals surface area contributed by atoms with Crippen molar-refractivity contribution in [3.63, 3.8) is 0 Å². The maximum Gasteiger partial charge on any atom is 0.271 e. The molecule has 2 aliphatic heterocycles. The molecule has 0 radical (unpaired) electrons.